The van der Waals surface area contributed by atoms with Crippen molar-refractivity contribution in [3.8, 4) is 5.75 Å². The van der Waals surface area contributed by atoms with Crippen LogP contribution in [0.5, 0.6) is 5.75 Å². The van der Waals surface area contributed by atoms with Gasteiger partial charge in [0, 0.05) is 11.6 Å². The second kappa shape index (κ2) is 6.73. The Hall–Kier alpha value is -1.58. The number of ether oxygens (including phenoxy) is 1. The van der Waals surface area contributed by atoms with Gasteiger partial charge in [0.05, 0.1) is 5.02 Å². The van der Waals surface area contributed by atoms with E-state index < -0.39 is 5.82 Å². The molecular formula is C16H17ClFNO. The van der Waals surface area contributed by atoms with E-state index >= 15 is 0 Å². The van der Waals surface area contributed by atoms with E-state index in [0.717, 1.165) is 23.3 Å². The molecule has 2 nitrogen and oxygen atoms in total. The lowest BCUT2D eigenvalue weighted by Gasteiger charge is -2.15. The van der Waals surface area contributed by atoms with Gasteiger partial charge in [-0.25, -0.2) is 4.39 Å². The first-order valence-electron chi connectivity index (χ1n) is 6.53. The monoisotopic (exact) mass is 293 g/mol. The third-order valence-corrected chi connectivity index (χ3v) is 3.43. The Morgan fingerprint density at radius 1 is 1.25 bits per heavy atom. The number of benzene rings is 2. The maximum Gasteiger partial charge on any atom is 0.141 e. The molecule has 0 saturated carbocycles. The van der Waals surface area contributed by atoms with Crippen LogP contribution in [0, 0.1) is 5.82 Å². The molecule has 0 aromatic heterocycles. The van der Waals surface area contributed by atoms with E-state index in [1.807, 2.05) is 31.2 Å². The fraction of sp³-hybridized carbons (Fsp3) is 0.250. The molecule has 1 unspecified atom stereocenters. The van der Waals surface area contributed by atoms with Crippen molar-refractivity contribution in [2.75, 3.05) is 0 Å². The highest BCUT2D eigenvalue weighted by Crippen LogP contribution is 2.26. The SMILES string of the molecule is CCC(N)c1ccccc1OCc1ccc(F)c(Cl)c1. The van der Waals surface area contributed by atoms with Crippen molar-refractivity contribution in [1.82, 2.24) is 0 Å². The van der Waals surface area contributed by atoms with Crippen molar-refractivity contribution in [1.29, 1.82) is 0 Å². The van der Waals surface area contributed by atoms with Crippen LogP contribution >= 0.6 is 11.6 Å². The first kappa shape index (κ1) is 14.8. The lowest BCUT2D eigenvalue weighted by molar-refractivity contribution is 0.300. The van der Waals surface area contributed by atoms with Crippen LogP contribution in [0.3, 0.4) is 0 Å². The summed E-state index contributed by atoms with van der Waals surface area (Å²) in [4.78, 5) is 0. The zero-order chi connectivity index (χ0) is 14.5. The first-order valence-corrected chi connectivity index (χ1v) is 6.91. The van der Waals surface area contributed by atoms with Gasteiger partial charge in [0.2, 0.25) is 0 Å². The quantitative estimate of drug-likeness (QED) is 0.883. The minimum absolute atomic E-state index is 0.0528. The Kier molecular flexibility index (Phi) is 4.99. The maximum absolute atomic E-state index is 13.1. The first-order chi connectivity index (χ1) is 9.61. The lowest BCUT2D eigenvalue weighted by atomic mass is 10.0. The second-order valence-corrected chi connectivity index (χ2v) is 5.00. The van der Waals surface area contributed by atoms with Crippen LogP contribution in [-0.2, 0) is 6.61 Å². The highest BCUT2D eigenvalue weighted by Gasteiger charge is 2.10. The van der Waals surface area contributed by atoms with Crippen molar-refractivity contribution in [2.45, 2.75) is 26.0 Å². The molecule has 2 rings (SSSR count). The summed E-state index contributed by atoms with van der Waals surface area (Å²) in [6, 6.07) is 12.2. The predicted octanol–water partition coefficient (Wildman–Crippen LogP) is 4.47. The Morgan fingerprint density at radius 3 is 2.70 bits per heavy atom. The van der Waals surface area contributed by atoms with Crippen LogP contribution < -0.4 is 10.5 Å². The zero-order valence-electron chi connectivity index (χ0n) is 11.3. The van der Waals surface area contributed by atoms with E-state index in [4.69, 9.17) is 22.1 Å². The number of halogens is 2. The summed E-state index contributed by atoms with van der Waals surface area (Å²) in [5.74, 6) is 0.325. The molecular weight excluding hydrogens is 277 g/mol. The Labute approximate surface area is 123 Å². The molecule has 2 aromatic carbocycles. The van der Waals surface area contributed by atoms with Crippen molar-refractivity contribution in [2.24, 2.45) is 5.73 Å². The molecule has 0 bridgehead atoms. The molecule has 0 radical (unpaired) electrons. The summed E-state index contributed by atoms with van der Waals surface area (Å²) in [6.07, 6.45) is 0.836. The van der Waals surface area contributed by atoms with Crippen molar-refractivity contribution in [3.05, 3.63) is 64.4 Å². The fourth-order valence-corrected chi connectivity index (χ4v) is 2.13. The number of hydrogen-bond donors (Lipinski definition) is 1. The standard InChI is InChI=1S/C16H17ClFNO/c1-2-15(19)12-5-3-4-6-16(12)20-10-11-7-8-14(18)13(17)9-11/h3-9,15H,2,10,19H2,1H3. The smallest absolute Gasteiger partial charge is 0.141 e. The van der Waals surface area contributed by atoms with Crippen LogP contribution in [0.25, 0.3) is 0 Å². The van der Waals surface area contributed by atoms with Gasteiger partial charge in [-0.15, -0.1) is 0 Å². The molecule has 0 spiro atoms. The van der Waals surface area contributed by atoms with E-state index in [-0.39, 0.29) is 11.1 Å². The third kappa shape index (κ3) is 3.50. The summed E-state index contributed by atoms with van der Waals surface area (Å²) >= 11 is 5.75. The number of rotatable bonds is 5. The second-order valence-electron chi connectivity index (χ2n) is 4.59. The highest BCUT2D eigenvalue weighted by atomic mass is 35.5. The molecule has 20 heavy (non-hydrogen) atoms. The van der Waals surface area contributed by atoms with Crippen LogP contribution in [0.2, 0.25) is 5.02 Å². The molecule has 1 atom stereocenters. The van der Waals surface area contributed by atoms with Gasteiger partial charge in [0.25, 0.3) is 0 Å². The normalized spacial score (nSPS) is 12.2. The van der Waals surface area contributed by atoms with Gasteiger partial charge in [0.15, 0.2) is 0 Å². The third-order valence-electron chi connectivity index (χ3n) is 3.14. The summed E-state index contributed by atoms with van der Waals surface area (Å²) in [6.45, 7) is 2.36. The molecule has 2 N–H and O–H groups in total. The number of nitrogens with two attached hydrogens (primary N) is 1. The lowest BCUT2D eigenvalue weighted by Crippen LogP contribution is -2.10. The largest absolute Gasteiger partial charge is 0.489 e. The molecule has 4 heteroatoms. The molecule has 2 aromatic rings. The van der Waals surface area contributed by atoms with E-state index in [0.29, 0.717) is 6.61 Å². The maximum atomic E-state index is 13.1. The number of para-hydroxylation sites is 1. The van der Waals surface area contributed by atoms with Crippen LogP contribution in [0.4, 0.5) is 4.39 Å². The molecule has 0 aliphatic rings. The molecule has 0 heterocycles. The predicted molar refractivity (Wildman–Crippen MR) is 79.4 cm³/mol. The van der Waals surface area contributed by atoms with E-state index in [1.165, 1.54) is 6.07 Å². The van der Waals surface area contributed by atoms with E-state index in [9.17, 15) is 4.39 Å². The summed E-state index contributed by atoms with van der Waals surface area (Å²) in [7, 11) is 0. The molecule has 0 fully saturated rings. The van der Waals surface area contributed by atoms with Gasteiger partial charge in [0.1, 0.15) is 18.2 Å². The van der Waals surface area contributed by atoms with Crippen LogP contribution in [0.1, 0.15) is 30.5 Å². The summed E-state index contributed by atoms with van der Waals surface area (Å²) in [5.41, 5.74) is 7.85. The van der Waals surface area contributed by atoms with E-state index in [2.05, 4.69) is 0 Å². The zero-order valence-corrected chi connectivity index (χ0v) is 12.0. The van der Waals surface area contributed by atoms with Crippen molar-refractivity contribution >= 4 is 11.6 Å². The summed E-state index contributed by atoms with van der Waals surface area (Å²) in [5, 5.41) is 0.102. The molecule has 0 aliphatic heterocycles. The topological polar surface area (TPSA) is 35.2 Å². The van der Waals surface area contributed by atoms with Crippen molar-refractivity contribution < 1.29 is 9.13 Å². The highest BCUT2D eigenvalue weighted by molar-refractivity contribution is 6.30. The van der Waals surface area contributed by atoms with Gasteiger partial charge in [-0.05, 0) is 30.2 Å². The molecule has 106 valence electrons. The molecule has 0 saturated heterocycles. The van der Waals surface area contributed by atoms with Gasteiger partial charge in [-0.1, -0.05) is 42.8 Å². The molecule has 0 aliphatic carbocycles. The fourth-order valence-electron chi connectivity index (χ4n) is 1.93. The Bertz CT molecular complexity index is 588. The average Bonchev–Trinajstić information content (AvgIpc) is 2.48. The summed E-state index contributed by atoms with van der Waals surface area (Å²) < 4.78 is 18.9. The Morgan fingerprint density at radius 2 is 2.00 bits per heavy atom. The van der Waals surface area contributed by atoms with Gasteiger partial charge in [-0.3, -0.25) is 0 Å². The minimum atomic E-state index is -0.427. The average molecular weight is 294 g/mol. The minimum Gasteiger partial charge on any atom is -0.489 e. The van der Waals surface area contributed by atoms with Gasteiger partial charge in [-0.2, -0.15) is 0 Å². The van der Waals surface area contributed by atoms with Crippen LogP contribution in [0.15, 0.2) is 42.5 Å². The van der Waals surface area contributed by atoms with E-state index in [1.54, 1.807) is 12.1 Å². The molecule has 0 amide bonds. The van der Waals surface area contributed by atoms with Gasteiger partial charge < -0.3 is 10.5 Å². The van der Waals surface area contributed by atoms with Crippen molar-refractivity contribution in [3.63, 3.8) is 0 Å². The van der Waals surface area contributed by atoms with Crippen LogP contribution in [-0.4, -0.2) is 0 Å². The van der Waals surface area contributed by atoms with Gasteiger partial charge >= 0.3 is 0 Å². The number of hydrogen-bond acceptors (Lipinski definition) is 2. The Balaban J connectivity index is 2.12.